The second-order valence-corrected chi connectivity index (χ2v) is 8.92. The van der Waals surface area contributed by atoms with Gasteiger partial charge in [-0.2, -0.15) is 0 Å². The van der Waals surface area contributed by atoms with Crippen LogP contribution in [-0.4, -0.2) is 28.8 Å². The van der Waals surface area contributed by atoms with Crippen LogP contribution in [0.25, 0.3) is 0 Å². The number of carbonyl (C=O) groups excluding carboxylic acids is 2. The van der Waals surface area contributed by atoms with E-state index in [0.29, 0.717) is 30.8 Å². The van der Waals surface area contributed by atoms with E-state index in [9.17, 15) is 9.59 Å². The van der Waals surface area contributed by atoms with Crippen LogP contribution in [0.4, 0.5) is 0 Å². The first-order valence-corrected chi connectivity index (χ1v) is 11.7. The van der Waals surface area contributed by atoms with Crippen LogP contribution in [-0.2, 0) is 22.6 Å². The Morgan fingerprint density at radius 3 is 2.55 bits per heavy atom. The summed E-state index contributed by atoms with van der Waals surface area (Å²) in [5.41, 5.74) is 3.14. The van der Waals surface area contributed by atoms with Crippen LogP contribution in [0.3, 0.4) is 0 Å². The van der Waals surface area contributed by atoms with E-state index in [1.54, 1.807) is 4.90 Å². The maximum atomic E-state index is 13.4. The highest BCUT2D eigenvalue weighted by Crippen LogP contribution is 2.21. The Hall–Kier alpha value is -2.33. The molecule has 1 aliphatic rings. The Labute approximate surface area is 191 Å². The Kier molecular flexibility index (Phi) is 8.53. The lowest BCUT2D eigenvalue weighted by atomic mass is 10.0. The summed E-state index contributed by atoms with van der Waals surface area (Å²) < 4.78 is 0. The van der Waals surface area contributed by atoms with E-state index >= 15 is 0 Å². The highest BCUT2D eigenvalue weighted by molar-refractivity contribution is 6.31. The summed E-state index contributed by atoms with van der Waals surface area (Å²) in [5, 5.41) is 3.86. The standard InChI is InChI=1S/C26H33ClN2O2/c1-3-24(26(31)28-22-12-5-6-13-22)29(18-20-10-8-9-19(2)17-20)25(30)16-15-21-11-4-7-14-23(21)27/h4,7-11,14,17,22,24H,3,5-6,12-13,15-16,18H2,1-2H3,(H,28,31)/t24-/m1/s1. The first-order valence-electron chi connectivity index (χ1n) is 11.4. The van der Waals surface area contributed by atoms with Gasteiger partial charge in [0.2, 0.25) is 11.8 Å². The summed E-state index contributed by atoms with van der Waals surface area (Å²) in [6, 6.07) is 15.5. The molecule has 0 aromatic heterocycles. The third-order valence-electron chi connectivity index (χ3n) is 6.09. The van der Waals surface area contributed by atoms with E-state index in [0.717, 1.165) is 42.4 Å². The van der Waals surface area contributed by atoms with Crippen molar-refractivity contribution < 1.29 is 9.59 Å². The number of nitrogens with zero attached hydrogens (tertiary/aromatic N) is 1. The molecule has 1 fully saturated rings. The van der Waals surface area contributed by atoms with Crippen LogP contribution < -0.4 is 5.32 Å². The molecule has 1 atom stereocenters. The van der Waals surface area contributed by atoms with E-state index in [1.807, 2.05) is 56.3 Å². The van der Waals surface area contributed by atoms with Crippen molar-refractivity contribution in [3.63, 3.8) is 0 Å². The molecule has 166 valence electrons. The van der Waals surface area contributed by atoms with Crippen molar-refractivity contribution in [1.82, 2.24) is 10.2 Å². The summed E-state index contributed by atoms with van der Waals surface area (Å²) >= 11 is 6.28. The third-order valence-corrected chi connectivity index (χ3v) is 6.46. The van der Waals surface area contributed by atoms with Gasteiger partial charge in [-0.05, 0) is 49.8 Å². The fraction of sp³-hybridized carbons (Fsp3) is 0.462. The van der Waals surface area contributed by atoms with Gasteiger partial charge in [0.1, 0.15) is 6.04 Å². The summed E-state index contributed by atoms with van der Waals surface area (Å²) in [6.45, 7) is 4.44. The predicted octanol–water partition coefficient (Wildman–Crippen LogP) is 5.45. The summed E-state index contributed by atoms with van der Waals surface area (Å²) in [5.74, 6) is -0.0528. The summed E-state index contributed by atoms with van der Waals surface area (Å²) in [6.07, 6.45) is 5.84. The quantitative estimate of drug-likeness (QED) is 0.563. The fourth-order valence-corrected chi connectivity index (χ4v) is 4.61. The minimum atomic E-state index is -0.472. The Bertz CT molecular complexity index is 892. The second-order valence-electron chi connectivity index (χ2n) is 8.52. The number of aryl methyl sites for hydroxylation is 2. The van der Waals surface area contributed by atoms with E-state index in [-0.39, 0.29) is 17.9 Å². The topological polar surface area (TPSA) is 49.4 Å². The lowest BCUT2D eigenvalue weighted by Crippen LogP contribution is -2.51. The van der Waals surface area contributed by atoms with E-state index in [1.165, 1.54) is 0 Å². The molecule has 1 N–H and O–H groups in total. The van der Waals surface area contributed by atoms with Crippen LogP contribution >= 0.6 is 11.6 Å². The number of benzene rings is 2. The Morgan fingerprint density at radius 2 is 1.87 bits per heavy atom. The van der Waals surface area contributed by atoms with Gasteiger partial charge >= 0.3 is 0 Å². The zero-order chi connectivity index (χ0) is 22.2. The van der Waals surface area contributed by atoms with Crippen molar-refractivity contribution in [1.29, 1.82) is 0 Å². The minimum absolute atomic E-state index is 0.0187. The van der Waals surface area contributed by atoms with Crippen LogP contribution in [0.2, 0.25) is 5.02 Å². The fourth-order valence-electron chi connectivity index (χ4n) is 4.38. The smallest absolute Gasteiger partial charge is 0.243 e. The number of hydrogen-bond donors (Lipinski definition) is 1. The summed E-state index contributed by atoms with van der Waals surface area (Å²) in [7, 11) is 0. The van der Waals surface area contributed by atoms with Crippen molar-refractivity contribution in [2.75, 3.05) is 0 Å². The predicted molar refractivity (Wildman–Crippen MR) is 126 cm³/mol. The molecule has 0 radical (unpaired) electrons. The normalized spacial score (nSPS) is 14.9. The van der Waals surface area contributed by atoms with Gasteiger partial charge < -0.3 is 10.2 Å². The van der Waals surface area contributed by atoms with Gasteiger partial charge in [0.25, 0.3) is 0 Å². The Balaban J connectivity index is 1.77. The monoisotopic (exact) mass is 440 g/mol. The van der Waals surface area contributed by atoms with Gasteiger partial charge in [-0.25, -0.2) is 0 Å². The molecule has 0 heterocycles. The zero-order valence-electron chi connectivity index (χ0n) is 18.6. The number of amides is 2. The molecule has 0 spiro atoms. The highest BCUT2D eigenvalue weighted by atomic mass is 35.5. The molecular weight excluding hydrogens is 408 g/mol. The van der Waals surface area contributed by atoms with Crippen LogP contribution in [0.1, 0.15) is 62.1 Å². The molecule has 31 heavy (non-hydrogen) atoms. The van der Waals surface area contributed by atoms with Gasteiger partial charge in [0.15, 0.2) is 0 Å². The average molecular weight is 441 g/mol. The van der Waals surface area contributed by atoms with Crippen molar-refractivity contribution in [2.45, 2.75) is 77.4 Å². The molecule has 2 amide bonds. The zero-order valence-corrected chi connectivity index (χ0v) is 19.3. The number of carbonyl (C=O) groups is 2. The number of rotatable bonds is 9. The molecule has 4 nitrogen and oxygen atoms in total. The lowest BCUT2D eigenvalue weighted by molar-refractivity contribution is -0.141. The van der Waals surface area contributed by atoms with Crippen molar-refractivity contribution in [3.05, 3.63) is 70.2 Å². The van der Waals surface area contributed by atoms with Crippen molar-refractivity contribution in [2.24, 2.45) is 0 Å². The van der Waals surface area contributed by atoms with Crippen molar-refractivity contribution >= 4 is 23.4 Å². The minimum Gasteiger partial charge on any atom is -0.352 e. The van der Waals surface area contributed by atoms with Crippen LogP contribution in [0.15, 0.2) is 48.5 Å². The molecule has 3 rings (SSSR count). The van der Waals surface area contributed by atoms with E-state index < -0.39 is 6.04 Å². The molecule has 1 aliphatic carbocycles. The van der Waals surface area contributed by atoms with Crippen molar-refractivity contribution in [3.8, 4) is 0 Å². The van der Waals surface area contributed by atoms with Gasteiger partial charge in [0, 0.05) is 24.0 Å². The molecule has 0 bridgehead atoms. The first-order chi connectivity index (χ1) is 15.0. The molecule has 0 aliphatic heterocycles. The maximum absolute atomic E-state index is 13.4. The van der Waals surface area contributed by atoms with Gasteiger partial charge in [-0.1, -0.05) is 79.4 Å². The largest absolute Gasteiger partial charge is 0.352 e. The maximum Gasteiger partial charge on any atom is 0.243 e. The van der Waals surface area contributed by atoms with Crippen LogP contribution in [0, 0.1) is 6.92 Å². The van der Waals surface area contributed by atoms with Gasteiger partial charge in [-0.3, -0.25) is 9.59 Å². The summed E-state index contributed by atoms with van der Waals surface area (Å²) in [4.78, 5) is 28.3. The average Bonchev–Trinajstić information content (AvgIpc) is 3.26. The second kappa shape index (κ2) is 11.3. The first kappa shape index (κ1) is 23.3. The van der Waals surface area contributed by atoms with Gasteiger partial charge in [0.05, 0.1) is 0 Å². The number of halogens is 1. The molecule has 2 aromatic rings. The van der Waals surface area contributed by atoms with E-state index in [2.05, 4.69) is 11.4 Å². The Morgan fingerprint density at radius 1 is 1.13 bits per heavy atom. The lowest BCUT2D eigenvalue weighted by Gasteiger charge is -2.31. The molecule has 0 saturated heterocycles. The molecular formula is C26H33ClN2O2. The van der Waals surface area contributed by atoms with E-state index in [4.69, 9.17) is 11.6 Å². The van der Waals surface area contributed by atoms with Crippen LogP contribution in [0.5, 0.6) is 0 Å². The van der Waals surface area contributed by atoms with Gasteiger partial charge in [-0.15, -0.1) is 0 Å². The molecule has 1 saturated carbocycles. The SMILES string of the molecule is CC[C@H](C(=O)NC1CCCC1)N(Cc1cccc(C)c1)C(=O)CCc1ccccc1Cl. The molecule has 5 heteroatoms. The number of hydrogen-bond acceptors (Lipinski definition) is 2. The third kappa shape index (κ3) is 6.57. The number of nitrogens with one attached hydrogen (secondary N) is 1. The molecule has 2 aromatic carbocycles. The highest BCUT2D eigenvalue weighted by Gasteiger charge is 2.30. The molecule has 0 unspecified atom stereocenters.